The van der Waals surface area contributed by atoms with E-state index in [0.717, 1.165) is 45.2 Å². The minimum Gasteiger partial charge on any atom is -0.481 e. The van der Waals surface area contributed by atoms with E-state index in [9.17, 15) is 9.59 Å². The van der Waals surface area contributed by atoms with Gasteiger partial charge in [0.2, 0.25) is 0 Å². The van der Waals surface area contributed by atoms with Crippen molar-refractivity contribution in [3.8, 4) is 0 Å². The molecule has 2 atom stereocenters. The first-order valence-electron chi connectivity index (χ1n) is 7.89. The first-order valence-corrected chi connectivity index (χ1v) is 7.89. The molecule has 2 fully saturated rings. The van der Waals surface area contributed by atoms with Crippen molar-refractivity contribution in [1.29, 1.82) is 0 Å². The first-order chi connectivity index (χ1) is 9.61. The monoisotopic (exact) mass is 282 g/mol. The molecule has 2 aliphatic rings. The second kappa shape index (κ2) is 6.95. The number of urea groups is 1. The quantitative estimate of drug-likeness (QED) is 0.865. The van der Waals surface area contributed by atoms with E-state index < -0.39 is 5.97 Å². The molecule has 5 heteroatoms. The zero-order valence-electron chi connectivity index (χ0n) is 12.4. The third-order valence-electron chi connectivity index (χ3n) is 4.60. The van der Waals surface area contributed by atoms with E-state index in [1.807, 2.05) is 9.80 Å². The van der Waals surface area contributed by atoms with Crippen LogP contribution in [0.4, 0.5) is 4.79 Å². The number of carbonyl (C=O) groups excluding carboxylic acids is 1. The van der Waals surface area contributed by atoms with Gasteiger partial charge in [-0.2, -0.15) is 0 Å². The van der Waals surface area contributed by atoms with Gasteiger partial charge in [0.05, 0.1) is 0 Å². The van der Waals surface area contributed by atoms with E-state index in [1.54, 1.807) is 0 Å². The predicted molar refractivity (Wildman–Crippen MR) is 76.6 cm³/mol. The van der Waals surface area contributed by atoms with Crippen molar-refractivity contribution in [1.82, 2.24) is 9.80 Å². The average Bonchev–Trinajstić information content (AvgIpc) is 2.46. The number of carboxylic acids is 1. The number of piperidine rings is 2. The lowest BCUT2D eigenvalue weighted by Gasteiger charge is -2.41. The Balaban J connectivity index is 1.95. The smallest absolute Gasteiger partial charge is 0.320 e. The van der Waals surface area contributed by atoms with Gasteiger partial charge in [0.25, 0.3) is 0 Å². The zero-order chi connectivity index (χ0) is 14.5. The van der Waals surface area contributed by atoms with Crippen molar-refractivity contribution < 1.29 is 14.7 Å². The summed E-state index contributed by atoms with van der Waals surface area (Å²) < 4.78 is 0. The van der Waals surface area contributed by atoms with Gasteiger partial charge in [-0.15, -0.1) is 0 Å². The number of aliphatic carboxylic acids is 1. The van der Waals surface area contributed by atoms with E-state index in [-0.39, 0.29) is 18.4 Å². The number of nitrogens with zero attached hydrogens (tertiary/aromatic N) is 2. The summed E-state index contributed by atoms with van der Waals surface area (Å²) in [7, 11) is 0. The van der Waals surface area contributed by atoms with Gasteiger partial charge in [0, 0.05) is 32.1 Å². The molecule has 114 valence electrons. The third kappa shape index (κ3) is 3.64. The summed E-state index contributed by atoms with van der Waals surface area (Å²) in [5.41, 5.74) is 0. The molecule has 0 radical (unpaired) electrons. The van der Waals surface area contributed by atoms with Crippen LogP contribution < -0.4 is 0 Å². The summed E-state index contributed by atoms with van der Waals surface area (Å²) in [6, 6.07) is 0.503. The summed E-state index contributed by atoms with van der Waals surface area (Å²) in [6.07, 6.45) is 6.45. The highest BCUT2D eigenvalue weighted by molar-refractivity contribution is 5.75. The van der Waals surface area contributed by atoms with Crippen molar-refractivity contribution in [3.63, 3.8) is 0 Å². The SMILES string of the molecule is CCC1CCCCN1C(=O)N1CCCC(CC(=O)O)C1. The van der Waals surface area contributed by atoms with Crippen LogP contribution in [-0.4, -0.2) is 52.6 Å². The zero-order valence-corrected chi connectivity index (χ0v) is 12.4. The molecule has 2 amide bonds. The maximum atomic E-state index is 12.7. The highest BCUT2D eigenvalue weighted by atomic mass is 16.4. The van der Waals surface area contributed by atoms with Gasteiger partial charge in [-0.3, -0.25) is 4.79 Å². The van der Waals surface area contributed by atoms with E-state index in [4.69, 9.17) is 5.11 Å². The molecule has 0 aliphatic carbocycles. The van der Waals surface area contributed by atoms with E-state index in [2.05, 4.69) is 6.92 Å². The summed E-state index contributed by atoms with van der Waals surface area (Å²) in [5.74, 6) is -0.635. The highest BCUT2D eigenvalue weighted by Gasteiger charge is 2.32. The summed E-state index contributed by atoms with van der Waals surface area (Å²) in [6.45, 7) is 4.39. The topological polar surface area (TPSA) is 60.9 Å². The van der Waals surface area contributed by atoms with Crippen LogP contribution in [0.15, 0.2) is 0 Å². The van der Waals surface area contributed by atoms with Gasteiger partial charge in [-0.1, -0.05) is 6.92 Å². The van der Waals surface area contributed by atoms with Gasteiger partial charge in [-0.05, 0) is 44.4 Å². The third-order valence-corrected chi connectivity index (χ3v) is 4.60. The van der Waals surface area contributed by atoms with Crippen LogP contribution in [0.25, 0.3) is 0 Å². The Morgan fingerprint density at radius 3 is 2.65 bits per heavy atom. The first kappa shape index (κ1) is 15.1. The molecule has 2 saturated heterocycles. The van der Waals surface area contributed by atoms with Crippen LogP contribution in [0.2, 0.25) is 0 Å². The molecular formula is C15H26N2O3. The number of hydrogen-bond donors (Lipinski definition) is 1. The second-order valence-electron chi connectivity index (χ2n) is 6.09. The molecule has 20 heavy (non-hydrogen) atoms. The van der Waals surface area contributed by atoms with Gasteiger partial charge < -0.3 is 14.9 Å². The second-order valence-corrected chi connectivity index (χ2v) is 6.09. The Morgan fingerprint density at radius 1 is 1.15 bits per heavy atom. The highest BCUT2D eigenvalue weighted by Crippen LogP contribution is 2.25. The summed E-state index contributed by atoms with van der Waals surface area (Å²) in [5, 5.41) is 8.91. The van der Waals surface area contributed by atoms with Crippen molar-refractivity contribution in [2.24, 2.45) is 5.92 Å². The minimum atomic E-state index is -0.756. The largest absolute Gasteiger partial charge is 0.481 e. The number of carbonyl (C=O) groups is 2. The molecule has 0 aromatic rings. The number of rotatable bonds is 3. The van der Waals surface area contributed by atoms with Gasteiger partial charge in [0.15, 0.2) is 0 Å². The summed E-state index contributed by atoms with van der Waals surface area (Å²) in [4.78, 5) is 27.4. The van der Waals surface area contributed by atoms with Gasteiger partial charge in [-0.25, -0.2) is 4.79 Å². The van der Waals surface area contributed by atoms with Crippen LogP contribution in [0.5, 0.6) is 0 Å². The Hall–Kier alpha value is -1.26. The van der Waals surface area contributed by atoms with E-state index >= 15 is 0 Å². The molecule has 0 aromatic heterocycles. The molecule has 2 aliphatic heterocycles. The Kier molecular flexibility index (Phi) is 5.26. The number of carboxylic acid groups (broad SMARTS) is 1. The fraction of sp³-hybridized carbons (Fsp3) is 0.867. The lowest BCUT2D eigenvalue weighted by Crippen LogP contribution is -2.52. The molecule has 0 spiro atoms. The fourth-order valence-electron chi connectivity index (χ4n) is 3.51. The van der Waals surface area contributed by atoms with Crippen LogP contribution in [0.1, 0.15) is 51.9 Å². The van der Waals surface area contributed by atoms with E-state index in [1.165, 1.54) is 6.42 Å². The van der Waals surface area contributed by atoms with Crippen molar-refractivity contribution in [2.75, 3.05) is 19.6 Å². The molecule has 0 saturated carbocycles. The minimum absolute atomic E-state index is 0.120. The average molecular weight is 282 g/mol. The van der Waals surface area contributed by atoms with Gasteiger partial charge >= 0.3 is 12.0 Å². The maximum absolute atomic E-state index is 12.7. The lowest BCUT2D eigenvalue weighted by molar-refractivity contribution is -0.138. The van der Waals surface area contributed by atoms with Crippen molar-refractivity contribution >= 4 is 12.0 Å². The van der Waals surface area contributed by atoms with Crippen LogP contribution in [0.3, 0.4) is 0 Å². The number of likely N-dealkylation sites (tertiary alicyclic amines) is 2. The van der Waals surface area contributed by atoms with Gasteiger partial charge in [0.1, 0.15) is 0 Å². The molecule has 2 heterocycles. The fourth-order valence-corrected chi connectivity index (χ4v) is 3.51. The van der Waals surface area contributed by atoms with E-state index in [0.29, 0.717) is 12.6 Å². The standard InChI is InChI=1S/C15H26N2O3/c1-2-13-7-3-4-9-17(13)15(20)16-8-5-6-12(11-16)10-14(18)19/h12-13H,2-11H2,1H3,(H,18,19). The lowest BCUT2D eigenvalue weighted by atomic mass is 9.94. The number of amides is 2. The maximum Gasteiger partial charge on any atom is 0.320 e. The van der Waals surface area contributed by atoms with Crippen molar-refractivity contribution in [2.45, 2.75) is 57.9 Å². The summed E-state index contributed by atoms with van der Waals surface area (Å²) >= 11 is 0. The number of hydrogen-bond acceptors (Lipinski definition) is 2. The Labute approximate surface area is 120 Å². The molecule has 1 N–H and O–H groups in total. The predicted octanol–water partition coefficient (Wildman–Crippen LogP) is 2.56. The Bertz CT molecular complexity index is 359. The van der Waals surface area contributed by atoms with Crippen LogP contribution in [-0.2, 0) is 4.79 Å². The molecule has 0 bridgehead atoms. The molecule has 2 unspecified atom stereocenters. The molecule has 2 rings (SSSR count). The Morgan fingerprint density at radius 2 is 1.95 bits per heavy atom. The van der Waals surface area contributed by atoms with Crippen LogP contribution >= 0.6 is 0 Å². The molecular weight excluding hydrogens is 256 g/mol. The van der Waals surface area contributed by atoms with Crippen LogP contribution in [0, 0.1) is 5.92 Å². The molecule has 5 nitrogen and oxygen atoms in total. The van der Waals surface area contributed by atoms with Crippen molar-refractivity contribution in [3.05, 3.63) is 0 Å². The molecule has 0 aromatic carbocycles. The normalized spacial score (nSPS) is 27.4.